The van der Waals surface area contributed by atoms with E-state index in [4.69, 9.17) is 0 Å². The maximum absolute atomic E-state index is 2.52. The van der Waals surface area contributed by atoms with Crippen LogP contribution >= 0.6 is 0 Å². The highest BCUT2D eigenvalue weighted by atomic mass is 15.1. The van der Waals surface area contributed by atoms with Gasteiger partial charge >= 0.3 is 0 Å². The summed E-state index contributed by atoms with van der Waals surface area (Å²) in [6, 6.07) is 61.7. The summed E-state index contributed by atoms with van der Waals surface area (Å²) in [6.45, 7) is 4.76. The highest BCUT2D eigenvalue weighted by Gasteiger charge is 2.36. The number of fused-ring (bicyclic) bond motifs is 9. The molecule has 1 saturated carbocycles. The normalized spacial score (nSPS) is 15.2. The van der Waals surface area contributed by atoms with Crippen LogP contribution in [-0.4, -0.2) is 4.57 Å². The van der Waals surface area contributed by atoms with Gasteiger partial charge in [0.25, 0.3) is 0 Å². The molecule has 0 aliphatic heterocycles. The highest BCUT2D eigenvalue weighted by Crippen LogP contribution is 2.52. The van der Waals surface area contributed by atoms with Crippen molar-refractivity contribution in [3.8, 4) is 16.8 Å². The number of aromatic nitrogens is 1. The summed E-state index contributed by atoms with van der Waals surface area (Å²) in [7, 11) is 0. The summed E-state index contributed by atoms with van der Waals surface area (Å²) < 4.78 is 2.51. The van der Waals surface area contributed by atoms with Gasteiger partial charge in [0.1, 0.15) is 0 Å². The van der Waals surface area contributed by atoms with Crippen molar-refractivity contribution in [3.63, 3.8) is 0 Å². The van der Waals surface area contributed by atoms with Gasteiger partial charge in [-0.2, -0.15) is 0 Å². The lowest BCUT2D eigenvalue weighted by Gasteiger charge is -2.29. The topological polar surface area (TPSA) is 8.17 Å². The van der Waals surface area contributed by atoms with E-state index in [1.165, 1.54) is 120 Å². The number of benzene rings is 8. The van der Waals surface area contributed by atoms with Gasteiger partial charge in [0.15, 0.2) is 0 Å². The smallest absolute Gasteiger partial charge is 0.0561 e. The fraction of sp³-hybridized carbons (Fsp3) is 0.170. The van der Waals surface area contributed by atoms with Crippen LogP contribution in [0.1, 0.15) is 68.6 Å². The largest absolute Gasteiger partial charge is 0.310 e. The summed E-state index contributed by atoms with van der Waals surface area (Å²) in [5, 5.41) is 7.62. The lowest BCUT2D eigenvalue weighted by molar-refractivity contribution is 0.444. The Balaban J connectivity index is 1.19. The Labute approximate surface area is 323 Å². The molecule has 2 aliphatic carbocycles. The van der Waals surface area contributed by atoms with Crippen LogP contribution in [0.5, 0.6) is 0 Å². The monoisotopic (exact) mass is 708 g/mol. The third-order valence-corrected chi connectivity index (χ3v) is 12.9. The molecule has 8 aromatic carbocycles. The fourth-order valence-corrected chi connectivity index (χ4v) is 10.2. The first kappa shape index (κ1) is 32.3. The van der Waals surface area contributed by atoms with Crippen LogP contribution in [0.3, 0.4) is 0 Å². The van der Waals surface area contributed by atoms with Gasteiger partial charge in [-0.3, -0.25) is 0 Å². The molecule has 55 heavy (non-hydrogen) atoms. The molecule has 0 atom stereocenters. The molecule has 11 rings (SSSR count). The molecule has 2 nitrogen and oxygen atoms in total. The third-order valence-electron chi connectivity index (χ3n) is 12.9. The first-order chi connectivity index (χ1) is 27.0. The third kappa shape index (κ3) is 5.01. The number of nitrogens with zero attached hydrogens (tertiary/aromatic N) is 2. The zero-order valence-electron chi connectivity index (χ0n) is 31.6. The molecule has 1 aromatic heterocycles. The number of rotatable bonds is 5. The van der Waals surface area contributed by atoms with Crippen LogP contribution in [0.25, 0.3) is 60.2 Å². The average Bonchev–Trinajstić information content (AvgIpc) is 3.69. The van der Waals surface area contributed by atoms with Crippen molar-refractivity contribution in [2.24, 2.45) is 0 Å². The van der Waals surface area contributed by atoms with Crippen molar-refractivity contribution in [1.82, 2.24) is 4.57 Å². The molecule has 0 radical (unpaired) electrons. The molecule has 266 valence electrons. The van der Waals surface area contributed by atoms with Crippen LogP contribution in [0.2, 0.25) is 0 Å². The zero-order valence-corrected chi connectivity index (χ0v) is 31.6. The van der Waals surface area contributed by atoms with Crippen molar-refractivity contribution in [2.75, 3.05) is 4.90 Å². The van der Waals surface area contributed by atoms with Crippen molar-refractivity contribution in [2.45, 2.75) is 57.3 Å². The van der Waals surface area contributed by atoms with Crippen molar-refractivity contribution < 1.29 is 0 Å². The lowest BCUT2D eigenvalue weighted by atomic mass is 9.82. The van der Waals surface area contributed by atoms with E-state index in [1.807, 2.05) is 0 Å². The van der Waals surface area contributed by atoms with Gasteiger partial charge in [0.05, 0.1) is 16.7 Å². The quantitative estimate of drug-likeness (QED) is 0.162. The molecule has 0 unspecified atom stereocenters. The van der Waals surface area contributed by atoms with Gasteiger partial charge in [-0.15, -0.1) is 0 Å². The van der Waals surface area contributed by atoms with Gasteiger partial charge < -0.3 is 9.47 Å². The minimum atomic E-state index is -0.112. The molecule has 2 heteroatoms. The zero-order chi connectivity index (χ0) is 36.7. The molecular weight excluding hydrogens is 665 g/mol. The van der Waals surface area contributed by atoms with Gasteiger partial charge in [-0.1, -0.05) is 148 Å². The fourth-order valence-electron chi connectivity index (χ4n) is 10.2. The predicted molar refractivity (Wildman–Crippen MR) is 234 cm³/mol. The molecule has 2 aliphatic rings. The molecule has 0 spiro atoms. The summed E-state index contributed by atoms with van der Waals surface area (Å²) >= 11 is 0. The molecule has 0 bridgehead atoms. The second-order valence-electron chi connectivity index (χ2n) is 16.4. The molecule has 0 N–H and O–H groups in total. The van der Waals surface area contributed by atoms with Crippen LogP contribution in [0.15, 0.2) is 164 Å². The Bertz CT molecular complexity index is 2940. The Morgan fingerprint density at radius 1 is 0.491 bits per heavy atom. The minimum Gasteiger partial charge on any atom is -0.310 e. The van der Waals surface area contributed by atoms with E-state index >= 15 is 0 Å². The summed E-state index contributed by atoms with van der Waals surface area (Å²) in [4.78, 5) is 2.52. The number of anilines is 3. The SMILES string of the molecule is CC1(C)c2ccccc2-c2ccc(N(c3ccc4c5ccc(C6CCCCC6)cc5n(-c5ccccc5)c4c3)c3cc4ccccc4c4ccccc34)cc21. The van der Waals surface area contributed by atoms with Crippen molar-refractivity contribution in [3.05, 3.63) is 180 Å². The predicted octanol–water partition coefficient (Wildman–Crippen LogP) is 14.9. The number of para-hydroxylation sites is 1. The van der Waals surface area contributed by atoms with E-state index in [-0.39, 0.29) is 5.41 Å². The Kier molecular flexibility index (Phi) is 7.33. The van der Waals surface area contributed by atoms with Crippen LogP contribution in [0, 0.1) is 0 Å². The molecule has 0 saturated heterocycles. The standard InChI is InChI=1S/C53H44N2/c1-53(2)48-24-14-13-22-43(48)44-29-26-39(33-49(44)53)54(50-32-37-17-9-10-20-41(37)42-21-11-12-23-45(42)50)40-27-30-47-46-28-25-36(35-15-5-3-6-16-35)31-51(46)55(52(47)34-40)38-18-7-4-8-19-38/h4,7-14,17-35H,3,5-6,15-16H2,1-2H3. The minimum absolute atomic E-state index is 0.112. The van der Waals surface area contributed by atoms with Crippen molar-refractivity contribution >= 4 is 60.4 Å². The van der Waals surface area contributed by atoms with Crippen LogP contribution < -0.4 is 4.90 Å². The lowest BCUT2D eigenvalue weighted by Crippen LogP contribution is -2.16. The molecule has 9 aromatic rings. The van der Waals surface area contributed by atoms with E-state index in [0.29, 0.717) is 5.92 Å². The summed E-state index contributed by atoms with van der Waals surface area (Å²) in [6.07, 6.45) is 6.61. The average molecular weight is 709 g/mol. The van der Waals surface area contributed by atoms with Crippen LogP contribution in [0.4, 0.5) is 17.1 Å². The van der Waals surface area contributed by atoms with Gasteiger partial charge in [0, 0.05) is 38.6 Å². The number of hydrogen-bond donors (Lipinski definition) is 0. The maximum Gasteiger partial charge on any atom is 0.0561 e. The van der Waals surface area contributed by atoms with E-state index in [2.05, 4.69) is 187 Å². The molecule has 1 fully saturated rings. The highest BCUT2D eigenvalue weighted by molar-refractivity contribution is 6.15. The summed E-state index contributed by atoms with van der Waals surface area (Å²) in [5.74, 6) is 0.642. The number of hydrogen-bond acceptors (Lipinski definition) is 1. The van der Waals surface area contributed by atoms with Gasteiger partial charge in [-0.05, 0) is 111 Å². The Hall–Kier alpha value is -6.12. The van der Waals surface area contributed by atoms with Crippen molar-refractivity contribution in [1.29, 1.82) is 0 Å². The van der Waals surface area contributed by atoms with Crippen LogP contribution in [-0.2, 0) is 5.41 Å². The second-order valence-corrected chi connectivity index (χ2v) is 16.4. The molecule has 1 heterocycles. The Morgan fingerprint density at radius 3 is 1.96 bits per heavy atom. The van der Waals surface area contributed by atoms with E-state index in [9.17, 15) is 0 Å². The second kappa shape index (κ2) is 12.5. The molecule has 0 amide bonds. The Morgan fingerprint density at radius 2 is 1.13 bits per heavy atom. The maximum atomic E-state index is 2.52. The van der Waals surface area contributed by atoms with E-state index < -0.39 is 0 Å². The first-order valence-corrected chi connectivity index (χ1v) is 20.1. The first-order valence-electron chi connectivity index (χ1n) is 20.1. The molecular formula is C53H44N2. The van der Waals surface area contributed by atoms with E-state index in [1.54, 1.807) is 0 Å². The summed E-state index contributed by atoms with van der Waals surface area (Å²) in [5.41, 5.74) is 14.0. The van der Waals surface area contributed by atoms with Gasteiger partial charge in [0.2, 0.25) is 0 Å². The van der Waals surface area contributed by atoms with Gasteiger partial charge in [-0.25, -0.2) is 0 Å². The van der Waals surface area contributed by atoms with E-state index in [0.717, 1.165) is 5.69 Å².